The Morgan fingerprint density at radius 2 is 1.77 bits per heavy atom. The molecule has 0 saturated carbocycles. The Bertz CT molecular complexity index is 1040. The number of hydrogen-bond donors (Lipinski definition) is 1. The van der Waals surface area contributed by atoms with Gasteiger partial charge in [-0.2, -0.15) is 5.10 Å². The molecule has 0 atom stereocenters. The summed E-state index contributed by atoms with van der Waals surface area (Å²) in [6.45, 7) is 0. The maximum absolute atomic E-state index is 12.9. The Labute approximate surface area is 158 Å². The number of carbonyl (C=O) groups is 1. The molecule has 1 N–H and O–H groups in total. The molecule has 6 heteroatoms. The molecule has 0 spiro atoms. The summed E-state index contributed by atoms with van der Waals surface area (Å²) in [5, 5.41) is 7.48. The lowest BCUT2D eigenvalue weighted by Gasteiger charge is -2.09. The van der Waals surface area contributed by atoms with Crippen LogP contribution in [0, 0.1) is 0 Å². The number of benzene rings is 2. The van der Waals surface area contributed by atoms with E-state index in [2.05, 4.69) is 26.3 Å². The molecule has 5 nitrogen and oxygen atoms in total. The second-order valence-electron chi connectivity index (χ2n) is 5.57. The Balaban J connectivity index is 1.76. The van der Waals surface area contributed by atoms with Crippen molar-refractivity contribution in [1.29, 1.82) is 0 Å². The fourth-order valence-electron chi connectivity index (χ4n) is 2.60. The van der Waals surface area contributed by atoms with Gasteiger partial charge in [0, 0.05) is 10.5 Å². The van der Waals surface area contributed by atoms with Gasteiger partial charge < -0.3 is 9.73 Å². The van der Waals surface area contributed by atoms with Gasteiger partial charge in [0.1, 0.15) is 11.4 Å². The van der Waals surface area contributed by atoms with Crippen molar-refractivity contribution in [2.45, 2.75) is 0 Å². The van der Waals surface area contributed by atoms with E-state index < -0.39 is 0 Å². The van der Waals surface area contributed by atoms with E-state index in [9.17, 15) is 4.79 Å². The van der Waals surface area contributed by atoms with Crippen LogP contribution >= 0.6 is 15.9 Å². The highest BCUT2D eigenvalue weighted by Crippen LogP contribution is 2.25. The molecule has 0 bridgehead atoms. The molecule has 0 fully saturated rings. The molecule has 0 radical (unpaired) electrons. The van der Waals surface area contributed by atoms with Crippen molar-refractivity contribution in [3.05, 3.63) is 89.2 Å². The van der Waals surface area contributed by atoms with Crippen LogP contribution in [-0.4, -0.2) is 15.7 Å². The number of nitrogens with one attached hydrogen (secondary N) is 1. The molecule has 4 aromatic rings. The molecule has 4 rings (SSSR count). The van der Waals surface area contributed by atoms with Crippen LogP contribution in [0.2, 0.25) is 0 Å². The minimum Gasteiger partial charge on any atom is -0.463 e. The second-order valence-corrected chi connectivity index (χ2v) is 6.43. The lowest BCUT2D eigenvalue weighted by molar-refractivity contribution is 0.101. The topological polar surface area (TPSA) is 60.1 Å². The summed E-state index contributed by atoms with van der Waals surface area (Å²) in [5.74, 6) is 0.348. The van der Waals surface area contributed by atoms with E-state index in [0.29, 0.717) is 22.8 Å². The van der Waals surface area contributed by atoms with Crippen LogP contribution in [-0.2, 0) is 0 Å². The van der Waals surface area contributed by atoms with Crippen LogP contribution in [0.1, 0.15) is 10.5 Å². The van der Waals surface area contributed by atoms with Crippen molar-refractivity contribution in [3.8, 4) is 17.1 Å². The van der Waals surface area contributed by atoms with E-state index in [0.717, 1.165) is 10.2 Å². The summed E-state index contributed by atoms with van der Waals surface area (Å²) >= 11 is 3.45. The molecule has 26 heavy (non-hydrogen) atoms. The number of nitrogens with zero attached hydrogens (tertiary/aromatic N) is 2. The zero-order valence-corrected chi connectivity index (χ0v) is 15.2. The Hall–Kier alpha value is -3.12. The molecule has 1 amide bonds. The first kappa shape index (κ1) is 16.4. The van der Waals surface area contributed by atoms with E-state index >= 15 is 0 Å². The zero-order chi connectivity index (χ0) is 17.9. The quantitative estimate of drug-likeness (QED) is 0.508. The molecule has 0 saturated heterocycles. The van der Waals surface area contributed by atoms with Gasteiger partial charge in [0.2, 0.25) is 0 Å². The summed E-state index contributed by atoms with van der Waals surface area (Å²) in [6.07, 6.45) is 1.58. The monoisotopic (exact) mass is 407 g/mol. The van der Waals surface area contributed by atoms with E-state index in [4.69, 9.17) is 4.42 Å². The SMILES string of the molecule is O=C(Nc1ccccc1Br)c1cc(-c2ccco2)nn1-c1ccccc1. The first-order chi connectivity index (χ1) is 12.7. The van der Waals surface area contributed by atoms with Crippen molar-refractivity contribution in [2.24, 2.45) is 0 Å². The van der Waals surface area contributed by atoms with Gasteiger partial charge in [-0.15, -0.1) is 0 Å². The summed E-state index contributed by atoms with van der Waals surface area (Å²) < 4.78 is 7.85. The third-order valence-electron chi connectivity index (χ3n) is 3.84. The molecule has 128 valence electrons. The van der Waals surface area contributed by atoms with Gasteiger partial charge in [-0.25, -0.2) is 4.68 Å². The summed E-state index contributed by atoms with van der Waals surface area (Å²) in [5.41, 5.74) is 2.50. The normalized spacial score (nSPS) is 10.7. The molecule has 0 aliphatic carbocycles. The van der Waals surface area contributed by atoms with Gasteiger partial charge in [-0.05, 0) is 52.3 Å². The molecule has 2 aromatic heterocycles. The first-order valence-electron chi connectivity index (χ1n) is 7.97. The second kappa shape index (κ2) is 7.01. The van der Waals surface area contributed by atoms with Crippen molar-refractivity contribution in [1.82, 2.24) is 9.78 Å². The summed E-state index contributed by atoms with van der Waals surface area (Å²) in [6, 6.07) is 22.3. The largest absolute Gasteiger partial charge is 0.463 e. The highest BCUT2D eigenvalue weighted by atomic mass is 79.9. The number of halogens is 1. The Kier molecular flexibility index (Phi) is 4.41. The minimum absolute atomic E-state index is 0.258. The number of aromatic nitrogens is 2. The molecule has 2 aromatic carbocycles. The van der Waals surface area contributed by atoms with Gasteiger partial charge in [0.15, 0.2) is 5.76 Å². The number of carbonyl (C=O) groups excluding carboxylic acids is 1. The van der Waals surface area contributed by atoms with Crippen LogP contribution in [0.25, 0.3) is 17.1 Å². The third kappa shape index (κ3) is 3.19. The van der Waals surface area contributed by atoms with Crippen LogP contribution in [0.4, 0.5) is 5.69 Å². The van der Waals surface area contributed by atoms with Gasteiger partial charge in [0.05, 0.1) is 17.6 Å². The number of para-hydroxylation sites is 2. The van der Waals surface area contributed by atoms with E-state index in [-0.39, 0.29) is 5.91 Å². The van der Waals surface area contributed by atoms with Gasteiger partial charge in [-0.3, -0.25) is 4.79 Å². The minimum atomic E-state index is -0.258. The molecule has 0 aliphatic heterocycles. The van der Waals surface area contributed by atoms with Gasteiger partial charge in [0.25, 0.3) is 5.91 Å². The highest BCUT2D eigenvalue weighted by molar-refractivity contribution is 9.10. The maximum Gasteiger partial charge on any atom is 0.274 e. The Morgan fingerprint density at radius 1 is 1.00 bits per heavy atom. The van der Waals surface area contributed by atoms with E-state index in [1.165, 1.54) is 0 Å². The average molecular weight is 408 g/mol. The van der Waals surface area contributed by atoms with Gasteiger partial charge in [-0.1, -0.05) is 30.3 Å². The van der Waals surface area contributed by atoms with Crippen LogP contribution in [0.5, 0.6) is 0 Å². The zero-order valence-electron chi connectivity index (χ0n) is 13.6. The molecule has 0 unspecified atom stereocenters. The fraction of sp³-hybridized carbons (Fsp3) is 0. The van der Waals surface area contributed by atoms with E-state index in [1.54, 1.807) is 23.1 Å². The fourth-order valence-corrected chi connectivity index (χ4v) is 2.99. The summed E-state index contributed by atoms with van der Waals surface area (Å²) in [7, 11) is 0. The number of anilines is 1. The smallest absolute Gasteiger partial charge is 0.274 e. The van der Waals surface area contributed by atoms with Gasteiger partial charge >= 0.3 is 0 Å². The van der Waals surface area contributed by atoms with Crippen LogP contribution in [0.15, 0.2) is 87.9 Å². The maximum atomic E-state index is 12.9. The molecule has 2 heterocycles. The van der Waals surface area contributed by atoms with Crippen molar-refractivity contribution in [2.75, 3.05) is 5.32 Å². The molecular weight excluding hydrogens is 394 g/mol. The van der Waals surface area contributed by atoms with Crippen LogP contribution < -0.4 is 5.32 Å². The third-order valence-corrected chi connectivity index (χ3v) is 4.53. The standard InChI is InChI=1S/C20H14BrN3O2/c21-15-9-4-5-10-16(15)22-20(25)18-13-17(19-11-6-12-26-19)23-24(18)14-7-2-1-3-8-14/h1-13H,(H,22,25). The molecule has 0 aliphatic rings. The number of amides is 1. The van der Waals surface area contributed by atoms with E-state index in [1.807, 2.05) is 60.7 Å². The van der Waals surface area contributed by atoms with Crippen molar-refractivity contribution >= 4 is 27.5 Å². The summed E-state index contributed by atoms with van der Waals surface area (Å²) in [4.78, 5) is 12.9. The average Bonchev–Trinajstić information content (AvgIpc) is 3.34. The highest BCUT2D eigenvalue weighted by Gasteiger charge is 2.19. The number of furan rings is 1. The Morgan fingerprint density at radius 3 is 2.50 bits per heavy atom. The number of rotatable bonds is 4. The first-order valence-corrected chi connectivity index (χ1v) is 8.77. The predicted octanol–water partition coefficient (Wildman–Crippen LogP) is 5.15. The van der Waals surface area contributed by atoms with Crippen molar-refractivity contribution in [3.63, 3.8) is 0 Å². The number of hydrogen-bond acceptors (Lipinski definition) is 3. The predicted molar refractivity (Wildman–Crippen MR) is 103 cm³/mol. The van der Waals surface area contributed by atoms with Crippen LogP contribution in [0.3, 0.4) is 0 Å². The molecular formula is C20H14BrN3O2. The lowest BCUT2D eigenvalue weighted by Crippen LogP contribution is -2.17. The van der Waals surface area contributed by atoms with Crippen molar-refractivity contribution < 1.29 is 9.21 Å². The lowest BCUT2D eigenvalue weighted by atomic mass is 10.2.